The predicted octanol–water partition coefficient (Wildman–Crippen LogP) is -1.69. The Morgan fingerprint density at radius 2 is 2.14 bits per heavy atom. The van der Waals surface area contributed by atoms with E-state index in [4.69, 9.17) is 5.73 Å². The number of hydrogen-bond acceptors (Lipinski definition) is 4. The van der Waals surface area contributed by atoms with E-state index in [1.165, 1.54) is 0 Å². The van der Waals surface area contributed by atoms with E-state index in [0.29, 0.717) is 6.54 Å². The van der Waals surface area contributed by atoms with Crippen LogP contribution in [-0.4, -0.2) is 68.6 Å². The van der Waals surface area contributed by atoms with E-state index in [2.05, 4.69) is 10.2 Å². The van der Waals surface area contributed by atoms with E-state index in [1.54, 1.807) is 0 Å². The Morgan fingerprint density at radius 1 is 1.50 bits per heavy atom. The Balaban J connectivity index is 2.09. The topological polar surface area (TPSA) is 61.6 Å². The van der Waals surface area contributed by atoms with Crippen molar-refractivity contribution in [2.45, 2.75) is 0 Å². The Labute approximate surface area is 85.2 Å². The molecular formula is C9H20N4O. The minimum absolute atomic E-state index is 0.257. The molecule has 0 aliphatic carbocycles. The van der Waals surface area contributed by atoms with Gasteiger partial charge in [-0.1, -0.05) is 0 Å². The molecule has 0 aromatic heterocycles. The lowest BCUT2D eigenvalue weighted by Gasteiger charge is -2.28. The summed E-state index contributed by atoms with van der Waals surface area (Å²) in [6, 6.07) is 0. The lowest BCUT2D eigenvalue weighted by atomic mass is 10.3. The van der Waals surface area contributed by atoms with Crippen LogP contribution in [0, 0.1) is 0 Å². The van der Waals surface area contributed by atoms with Crippen molar-refractivity contribution in [2.75, 3.05) is 52.9 Å². The lowest BCUT2D eigenvalue weighted by Crippen LogP contribution is -2.46. The van der Waals surface area contributed by atoms with Crippen molar-refractivity contribution in [3.63, 3.8) is 0 Å². The number of nitrogens with two attached hydrogens (primary N) is 1. The number of piperazine rings is 1. The molecule has 0 saturated carbocycles. The van der Waals surface area contributed by atoms with Crippen molar-refractivity contribution >= 4 is 5.91 Å². The fourth-order valence-electron chi connectivity index (χ4n) is 1.59. The number of nitrogens with one attached hydrogen (secondary N) is 1. The maximum atomic E-state index is 10.6. The zero-order valence-corrected chi connectivity index (χ0v) is 8.83. The van der Waals surface area contributed by atoms with Gasteiger partial charge in [-0.2, -0.15) is 0 Å². The highest BCUT2D eigenvalue weighted by atomic mass is 16.1. The van der Waals surface area contributed by atoms with Crippen molar-refractivity contribution < 1.29 is 4.79 Å². The highest BCUT2D eigenvalue weighted by Crippen LogP contribution is 1.92. The van der Waals surface area contributed by atoms with Crippen LogP contribution in [0.1, 0.15) is 0 Å². The van der Waals surface area contributed by atoms with Gasteiger partial charge in [-0.15, -0.1) is 0 Å². The molecule has 5 heteroatoms. The molecule has 1 heterocycles. The summed E-state index contributed by atoms with van der Waals surface area (Å²) >= 11 is 0. The second-order valence-electron chi connectivity index (χ2n) is 3.80. The van der Waals surface area contributed by atoms with Crippen LogP contribution in [0.25, 0.3) is 0 Å². The van der Waals surface area contributed by atoms with E-state index >= 15 is 0 Å². The van der Waals surface area contributed by atoms with Gasteiger partial charge < -0.3 is 11.1 Å². The molecule has 1 saturated heterocycles. The normalized spacial score (nSPS) is 18.7. The number of hydrogen-bond donors (Lipinski definition) is 2. The molecule has 0 bridgehead atoms. The molecule has 5 nitrogen and oxygen atoms in total. The highest BCUT2D eigenvalue weighted by Gasteiger charge is 2.10. The van der Waals surface area contributed by atoms with Gasteiger partial charge in [0.15, 0.2) is 0 Å². The average molecular weight is 200 g/mol. The number of rotatable bonds is 5. The third kappa shape index (κ3) is 4.55. The number of nitrogens with zero attached hydrogens (tertiary/aromatic N) is 2. The Hall–Kier alpha value is -0.650. The van der Waals surface area contributed by atoms with Crippen LogP contribution in [0.15, 0.2) is 0 Å². The summed E-state index contributed by atoms with van der Waals surface area (Å²) in [5.41, 5.74) is 5.10. The molecular weight excluding hydrogens is 180 g/mol. The first-order valence-electron chi connectivity index (χ1n) is 5.08. The zero-order chi connectivity index (χ0) is 10.4. The minimum Gasteiger partial charge on any atom is -0.369 e. The van der Waals surface area contributed by atoms with Gasteiger partial charge in [0.1, 0.15) is 0 Å². The smallest absolute Gasteiger partial charge is 0.231 e. The van der Waals surface area contributed by atoms with Crippen LogP contribution >= 0.6 is 0 Å². The molecule has 0 radical (unpaired) electrons. The maximum absolute atomic E-state index is 10.6. The van der Waals surface area contributed by atoms with E-state index < -0.39 is 0 Å². The first-order chi connectivity index (χ1) is 6.68. The van der Waals surface area contributed by atoms with Crippen LogP contribution < -0.4 is 11.1 Å². The Morgan fingerprint density at radius 3 is 2.71 bits per heavy atom. The van der Waals surface area contributed by atoms with Gasteiger partial charge in [-0.25, -0.2) is 0 Å². The molecule has 1 rings (SSSR count). The van der Waals surface area contributed by atoms with Crippen molar-refractivity contribution in [1.29, 1.82) is 0 Å². The lowest BCUT2D eigenvalue weighted by molar-refractivity contribution is -0.118. The van der Waals surface area contributed by atoms with E-state index in [9.17, 15) is 4.79 Å². The van der Waals surface area contributed by atoms with E-state index in [-0.39, 0.29) is 5.91 Å². The number of primary amides is 1. The van der Waals surface area contributed by atoms with Gasteiger partial charge in [0.05, 0.1) is 6.54 Å². The summed E-state index contributed by atoms with van der Waals surface area (Å²) in [7, 11) is 1.92. The summed E-state index contributed by atoms with van der Waals surface area (Å²) in [4.78, 5) is 15.0. The molecule has 0 aromatic rings. The average Bonchev–Trinajstić information content (AvgIpc) is 2.15. The molecule has 1 aliphatic rings. The highest BCUT2D eigenvalue weighted by molar-refractivity contribution is 5.75. The largest absolute Gasteiger partial charge is 0.369 e. The van der Waals surface area contributed by atoms with Gasteiger partial charge in [0.25, 0.3) is 0 Å². The van der Waals surface area contributed by atoms with Crippen molar-refractivity contribution in [3.8, 4) is 0 Å². The van der Waals surface area contributed by atoms with Crippen LogP contribution in [0.3, 0.4) is 0 Å². The van der Waals surface area contributed by atoms with Crippen molar-refractivity contribution in [3.05, 3.63) is 0 Å². The Kier molecular flexibility index (Phi) is 4.86. The van der Waals surface area contributed by atoms with Gasteiger partial charge in [0.2, 0.25) is 5.91 Å². The fraction of sp³-hybridized carbons (Fsp3) is 0.889. The van der Waals surface area contributed by atoms with Gasteiger partial charge >= 0.3 is 0 Å². The number of carbonyl (C=O) groups is 1. The molecule has 1 fully saturated rings. The zero-order valence-electron chi connectivity index (χ0n) is 8.83. The first kappa shape index (κ1) is 11.4. The quantitative estimate of drug-likeness (QED) is 0.556. The second-order valence-corrected chi connectivity index (χ2v) is 3.80. The third-order valence-corrected chi connectivity index (χ3v) is 2.43. The standard InChI is InChI=1S/C9H20N4O/c1-12(8-9(10)14)6-7-13-4-2-11-3-5-13/h11H,2-8H2,1H3,(H2,10,14). The summed E-state index contributed by atoms with van der Waals surface area (Å²) in [5, 5.41) is 3.31. The van der Waals surface area contributed by atoms with Gasteiger partial charge in [0, 0.05) is 39.3 Å². The summed E-state index contributed by atoms with van der Waals surface area (Å²) in [5.74, 6) is -0.257. The number of carbonyl (C=O) groups excluding carboxylic acids is 1. The molecule has 0 aromatic carbocycles. The van der Waals surface area contributed by atoms with Crippen LogP contribution in [-0.2, 0) is 4.79 Å². The molecule has 0 spiro atoms. The Bertz CT molecular complexity index is 180. The first-order valence-corrected chi connectivity index (χ1v) is 5.08. The summed E-state index contributed by atoms with van der Waals surface area (Å²) in [6.45, 7) is 6.62. The number of amides is 1. The van der Waals surface area contributed by atoms with Crippen molar-refractivity contribution in [2.24, 2.45) is 5.73 Å². The molecule has 3 N–H and O–H groups in total. The molecule has 14 heavy (non-hydrogen) atoms. The van der Waals surface area contributed by atoms with Crippen LogP contribution in [0.4, 0.5) is 0 Å². The SMILES string of the molecule is CN(CCN1CCNCC1)CC(N)=O. The molecule has 1 amide bonds. The summed E-state index contributed by atoms with van der Waals surface area (Å²) < 4.78 is 0. The van der Waals surface area contributed by atoms with Gasteiger partial charge in [-0.3, -0.25) is 14.6 Å². The van der Waals surface area contributed by atoms with Crippen LogP contribution in [0.2, 0.25) is 0 Å². The van der Waals surface area contributed by atoms with E-state index in [1.807, 2.05) is 11.9 Å². The van der Waals surface area contributed by atoms with E-state index in [0.717, 1.165) is 39.3 Å². The van der Waals surface area contributed by atoms with Crippen LogP contribution in [0.5, 0.6) is 0 Å². The molecule has 0 unspecified atom stereocenters. The van der Waals surface area contributed by atoms with Gasteiger partial charge in [-0.05, 0) is 7.05 Å². The fourth-order valence-corrected chi connectivity index (χ4v) is 1.59. The summed E-state index contributed by atoms with van der Waals surface area (Å²) in [6.07, 6.45) is 0. The minimum atomic E-state index is -0.257. The molecule has 1 aliphatic heterocycles. The van der Waals surface area contributed by atoms with Crippen molar-refractivity contribution in [1.82, 2.24) is 15.1 Å². The predicted molar refractivity (Wildman–Crippen MR) is 56.0 cm³/mol. The maximum Gasteiger partial charge on any atom is 0.231 e. The third-order valence-electron chi connectivity index (χ3n) is 2.43. The number of likely N-dealkylation sites (N-methyl/N-ethyl adjacent to an activating group) is 1. The monoisotopic (exact) mass is 200 g/mol. The molecule has 82 valence electrons. The second kappa shape index (κ2) is 5.95. The molecule has 0 atom stereocenters.